The number of nitrogens with zero attached hydrogens (tertiary/aromatic N) is 1. The minimum Gasteiger partial charge on any atom is -0.507 e. The number of ether oxygens (including phenoxy) is 1. The molecule has 0 radical (unpaired) electrons. The van der Waals surface area contributed by atoms with Gasteiger partial charge in [-0.2, -0.15) is 0 Å². The quantitative estimate of drug-likeness (QED) is 0.262. The van der Waals surface area contributed by atoms with Crippen LogP contribution in [0.25, 0.3) is 22.4 Å². The maximum Gasteiger partial charge on any atom is 0.328 e. The minimum atomic E-state index is -1.04. The van der Waals surface area contributed by atoms with Gasteiger partial charge in [0.05, 0.1) is 23.7 Å². The van der Waals surface area contributed by atoms with E-state index in [0.717, 1.165) is 22.2 Å². The molecule has 3 rings (SSSR count). The van der Waals surface area contributed by atoms with E-state index < -0.39 is 41.8 Å². The maximum absolute atomic E-state index is 13.0. The number of rotatable bonds is 9. The van der Waals surface area contributed by atoms with E-state index in [4.69, 9.17) is 0 Å². The molecule has 2 aromatic carbocycles. The van der Waals surface area contributed by atoms with Gasteiger partial charge in [-0.15, -0.1) is 0 Å². The lowest BCUT2D eigenvalue weighted by Crippen LogP contribution is -2.56. The average Bonchev–Trinajstić information content (AvgIpc) is 3.28. The highest BCUT2D eigenvalue weighted by molar-refractivity contribution is 6.01. The molecule has 0 fully saturated rings. The molecule has 11 heteroatoms. The van der Waals surface area contributed by atoms with Crippen molar-refractivity contribution in [2.75, 3.05) is 7.11 Å². The number of aryl methyl sites for hydroxylation is 2. The van der Waals surface area contributed by atoms with Gasteiger partial charge >= 0.3 is 5.97 Å². The van der Waals surface area contributed by atoms with E-state index >= 15 is 0 Å². The van der Waals surface area contributed by atoms with Crippen molar-refractivity contribution in [3.8, 4) is 17.1 Å². The van der Waals surface area contributed by atoms with E-state index in [0.29, 0.717) is 11.4 Å². The Hall–Kier alpha value is -4.41. The highest BCUT2D eigenvalue weighted by atomic mass is 16.5. The van der Waals surface area contributed by atoms with Crippen LogP contribution in [0.5, 0.6) is 5.75 Å². The molecule has 208 valence electrons. The standard InChI is InChI=1S/C28H35N5O6/c1-13(2)23(27(37)30-17(6)28(38)39-7)33-25(35)16(5)29-26(36)19-12-18(8-9-22(19)34)24-31-20-10-14(3)15(4)11-21(20)32-24/h8-13,16-17,23,34H,1-7H3,(H,29,36)(H,30,37)(H,31,32)(H,33,35)/t16-,17-,23-/m0/s1. The van der Waals surface area contributed by atoms with Gasteiger partial charge in [0.1, 0.15) is 29.7 Å². The Morgan fingerprint density at radius 2 is 1.56 bits per heavy atom. The van der Waals surface area contributed by atoms with Gasteiger partial charge in [-0.3, -0.25) is 14.4 Å². The number of benzene rings is 2. The fourth-order valence-corrected chi connectivity index (χ4v) is 3.96. The zero-order valence-electron chi connectivity index (χ0n) is 23.1. The Morgan fingerprint density at radius 3 is 2.21 bits per heavy atom. The van der Waals surface area contributed by atoms with Crippen molar-refractivity contribution in [1.29, 1.82) is 0 Å². The van der Waals surface area contributed by atoms with Crippen molar-refractivity contribution in [2.24, 2.45) is 5.92 Å². The number of fused-ring (bicyclic) bond motifs is 1. The first-order valence-electron chi connectivity index (χ1n) is 12.6. The topological polar surface area (TPSA) is 163 Å². The molecule has 0 aliphatic carbocycles. The Kier molecular flexibility index (Phi) is 8.95. The highest BCUT2D eigenvalue weighted by Gasteiger charge is 2.29. The van der Waals surface area contributed by atoms with Crippen LogP contribution in [0.2, 0.25) is 0 Å². The van der Waals surface area contributed by atoms with E-state index in [9.17, 15) is 24.3 Å². The third kappa shape index (κ3) is 6.73. The molecule has 1 aromatic heterocycles. The smallest absolute Gasteiger partial charge is 0.328 e. The van der Waals surface area contributed by atoms with Crippen LogP contribution < -0.4 is 16.0 Å². The number of phenols is 1. The number of amides is 3. The van der Waals surface area contributed by atoms with Gasteiger partial charge in [0, 0.05) is 5.56 Å². The number of methoxy groups -OCH3 is 1. The molecule has 39 heavy (non-hydrogen) atoms. The molecule has 0 aliphatic heterocycles. The van der Waals surface area contributed by atoms with E-state index in [1.807, 2.05) is 26.0 Å². The van der Waals surface area contributed by atoms with Gasteiger partial charge in [-0.25, -0.2) is 9.78 Å². The van der Waals surface area contributed by atoms with Crippen LogP contribution in [0, 0.1) is 19.8 Å². The largest absolute Gasteiger partial charge is 0.507 e. The van der Waals surface area contributed by atoms with E-state index in [-0.39, 0.29) is 17.2 Å². The maximum atomic E-state index is 13.0. The summed E-state index contributed by atoms with van der Waals surface area (Å²) in [6.07, 6.45) is 0. The second-order valence-corrected chi connectivity index (χ2v) is 9.95. The molecule has 0 saturated carbocycles. The van der Waals surface area contributed by atoms with Crippen molar-refractivity contribution in [3.05, 3.63) is 47.0 Å². The first kappa shape index (κ1) is 29.2. The lowest BCUT2D eigenvalue weighted by molar-refractivity contribution is -0.145. The molecule has 5 N–H and O–H groups in total. The third-order valence-corrected chi connectivity index (χ3v) is 6.51. The van der Waals surface area contributed by atoms with Crippen LogP contribution in [0.1, 0.15) is 49.2 Å². The molecule has 3 aromatic rings. The third-order valence-electron chi connectivity index (χ3n) is 6.51. The van der Waals surface area contributed by atoms with Crippen LogP contribution in [0.3, 0.4) is 0 Å². The minimum absolute atomic E-state index is 0.0370. The van der Waals surface area contributed by atoms with Gasteiger partial charge < -0.3 is 30.8 Å². The summed E-state index contributed by atoms with van der Waals surface area (Å²) in [5.74, 6) is -2.50. The summed E-state index contributed by atoms with van der Waals surface area (Å²) in [6, 6.07) is 5.60. The van der Waals surface area contributed by atoms with Gasteiger partial charge in [-0.05, 0) is 75.1 Å². The molecule has 0 saturated heterocycles. The van der Waals surface area contributed by atoms with Gasteiger partial charge in [0.2, 0.25) is 11.8 Å². The van der Waals surface area contributed by atoms with Crippen LogP contribution in [0.15, 0.2) is 30.3 Å². The van der Waals surface area contributed by atoms with Crippen molar-refractivity contribution in [3.63, 3.8) is 0 Å². The normalized spacial score (nSPS) is 13.4. The monoisotopic (exact) mass is 537 g/mol. The summed E-state index contributed by atoms with van der Waals surface area (Å²) >= 11 is 0. The highest BCUT2D eigenvalue weighted by Crippen LogP contribution is 2.27. The number of esters is 1. The van der Waals surface area contributed by atoms with E-state index in [1.54, 1.807) is 19.9 Å². The van der Waals surface area contributed by atoms with Crippen molar-refractivity contribution >= 4 is 34.7 Å². The summed E-state index contributed by atoms with van der Waals surface area (Å²) in [5, 5.41) is 18.1. The number of carbonyl (C=O) groups is 4. The number of carbonyl (C=O) groups excluding carboxylic acids is 4. The number of hydrogen-bond donors (Lipinski definition) is 5. The summed E-state index contributed by atoms with van der Waals surface area (Å²) in [4.78, 5) is 58.0. The van der Waals surface area contributed by atoms with E-state index in [2.05, 4.69) is 30.7 Å². The molecular formula is C28H35N5O6. The van der Waals surface area contributed by atoms with Gasteiger partial charge in [0.25, 0.3) is 5.91 Å². The Bertz CT molecular complexity index is 1370. The number of H-pyrrole nitrogens is 1. The number of hydrogen-bond acceptors (Lipinski definition) is 7. The number of aromatic nitrogens is 2. The number of imidazole rings is 1. The second kappa shape index (κ2) is 12.0. The molecule has 3 amide bonds. The summed E-state index contributed by atoms with van der Waals surface area (Å²) in [7, 11) is 1.21. The number of aromatic amines is 1. The first-order chi connectivity index (χ1) is 18.3. The summed E-state index contributed by atoms with van der Waals surface area (Å²) in [6.45, 7) is 10.4. The fraction of sp³-hybridized carbons (Fsp3) is 0.393. The average molecular weight is 538 g/mol. The molecule has 11 nitrogen and oxygen atoms in total. The fourth-order valence-electron chi connectivity index (χ4n) is 3.96. The molecule has 0 unspecified atom stereocenters. The van der Waals surface area contributed by atoms with E-state index in [1.165, 1.54) is 33.1 Å². The van der Waals surface area contributed by atoms with Crippen LogP contribution in [-0.2, 0) is 19.1 Å². The number of aromatic hydroxyl groups is 1. The van der Waals surface area contributed by atoms with Crippen LogP contribution in [0.4, 0.5) is 0 Å². The predicted molar refractivity (Wildman–Crippen MR) is 146 cm³/mol. The molecule has 0 bridgehead atoms. The van der Waals surface area contributed by atoms with Crippen molar-refractivity contribution in [2.45, 2.75) is 59.7 Å². The lowest BCUT2D eigenvalue weighted by atomic mass is 10.0. The van der Waals surface area contributed by atoms with Gasteiger partial charge in [-0.1, -0.05) is 13.8 Å². The molecule has 0 aliphatic rings. The predicted octanol–water partition coefficient (Wildman–Crippen LogP) is 2.49. The Labute approximate surface area is 226 Å². The Balaban J connectivity index is 1.73. The summed E-state index contributed by atoms with van der Waals surface area (Å²) in [5.41, 5.74) is 4.40. The molecule has 3 atom stereocenters. The molecular weight excluding hydrogens is 502 g/mol. The zero-order valence-corrected chi connectivity index (χ0v) is 23.1. The Morgan fingerprint density at radius 1 is 0.897 bits per heavy atom. The molecule has 1 heterocycles. The van der Waals surface area contributed by atoms with Crippen molar-refractivity contribution < 1.29 is 29.0 Å². The van der Waals surface area contributed by atoms with Crippen LogP contribution in [-0.4, -0.2) is 64.0 Å². The van der Waals surface area contributed by atoms with Crippen molar-refractivity contribution in [1.82, 2.24) is 25.9 Å². The lowest BCUT2D eigenvalue weighted by Gasteiger charge is -2.25. The van der Waals surface area contributed by atoms with Gasteiger partial charge in [0.15, 0.2) is 0 Å². The molecule has 0 spiro atoms. The first-order valence-corrected chi connectivity index (χ1v) is 12.6. The number of nitrogens with one attached hydrogen (secondary N) is 4. The summed E-state index contributed by atoms with van der Waals surface area (Å²) < 4.78 is 4.61. The zero-order chi connectivity index (χ0) is 29.0. The second-order valence-electron chi connectivity index (χ2n) is 9.95. The van der Waals surface area contributed by atoms with Crippen LogP contribution >= 0.6 is 0 Å². The SMILES string of the molecule is COC(=O)[C@H](C)NC(=O)[C@@H](NC(=O)[C@H](C)NC(=O)c1cc(-c2nc3cc(C)c(C)cc3[nH]2)ccc1O)C(C)C. The number of phenolic OH excluding ortho intramolecular Hbond substituents is 1.